The Morgan fingerprint density at radius 1 is 1.25 bits per heavy atom. The Morgan fingerprint density at radius 2 is 1.94 bits per heavy atom. The van der Waals surface area contributed by atoms with Gasteiger partial charge in [0.15, 0.2) is 0 Å². The molecule has 2 nitrogen and oxygen atoms in total. The van der Waals surface area contributed by atoms with Crippen molar-refractivity contribution in [2.24, 2.45) is 11.8 Å². The minimum atomic E-state index is 0.885. The van der Waals surface area contributed by atoms with E-state index in [1.54, 1.807) is 0 Å². The lowest BCUT2D eigenvalue weighted by molar-refractivity contribution is 0.160. The lowest BCUT2D eigenvalue weighted by Gasteiger charge is -2.33. The normalized spacial score (nSPS) is 21.2. The molecule has 1 rings (SSSR count). The molecule has 1 fully saturated rings. The largest absolute Gasteiger partial charge is 0.317 e. The van der Waals surface area contributed by atoms with E-state index >= 15 is 0 Å². The highest BCUT2D eigenvalue weighted by atomic mass is 15.1. The van der Waals surface area contributed by atoms with Crippen LogP contribution < -0.4 is 5.32 Å². The van der Waals surface area contributed by atoms with Crippen LogP contribution in [0.2, 0.25) is 0 Å². The summed E-state index contributed by atoms with van der Waals surface area (Å²) in [7, 11) is 0. The average Bonchev–Trinajstić information content (AvgIpc) is 2.28. The lowest BCUT2D eigenvalue weighted by atomic mass is 9.95. The Kier molecular flexibility index (Phi) is 7.06. The maximum Gasteiger partial charge on any atom is 0.000702 e. The predicted molar refractivity (Wildman–Crippen MR) is 71.8 cm³/mol. The van der Waals surface area contributed by atoms with E-state index in [9.17, 15) is 0 Å². The maximum atomic E-state index is 3.48. The quantitative estimate of drug-likeness (QED) is 0.718. The minimum Gasteiger partial charge on any atom is -0.317 e. The van der Waals surface area contributed by atoms with Crippen LogP contribution in [0.1, 0.15) is 46.5 Å². The highest BCUT2D eigenvalue weighted by Gasteiger charge is 2.19. The van der Waals surface area contributed by atoms with Crippen LogP contribution in [-0.2, 0) is 0 Å². The molecule has 1 heterocycles. The van der Waals surface area contributed by atoms with Crippen molar-refractivity contribution in [2.45, 2.75) is 46.5 Å². The molecule has 1 unspecified atom stereocenters. The number of rotatable bonds is 7. The van der Waals surface area contributed by atoms with Gasteiger partial charge in [-0.2, -0.15) is 0 Å². The molecule has 0 amide bonds. The van der Waals surface area contributed by atoms with Crippen LogP contribution in [0.3, 0.4) is 0 Å². The fraction of sp³-hybridized carbons (Fsp3) is 1.00. The van der Waals surface area contributed by atoms with E-state index in [0.717, 1.165) is 18.4 Å². The van der Waals surface area contributed by atoms with Gasteiger partial charge in [0, 0.05) is 6.54 Å². The molecular weight excluding hydrogens is 196 g/mol. The van der Waals surface area contributed by atoms with Crippen LogP contribution in [0.25, 0.3) is 0 Å². The fourth-order valence-corrected chi connectivity index (χ4v) is 2.75. The summed E-state index contributed by atoms with van der Waals surface area (Å²) in [4.78, 5) is 2.67. The van der Waals surface area contributed by atoms with Gasteiger partial charge in [-0.15, -0.1) is 0 Å². The van der Waals surface area contributed by atoms with Crippen LogP contribution in [0.15, 0.2) is 0 Å². The lowest BCUT2D eigenvalue weighted by Crippen LogP contribution is -2.39. The maximum absolute atomic E-state index is 3.48. The van der Waals surface area contributed by atoms with Gasteiger partial charge in [-0.1, -0.05) is 27.2 Å². The molecule has 16 heavy (non-hydrogen) atoms. The fourth-order valence-electron chi connectivity index (χ4n) is 2.75. The first-order chi connectivity index (χ1) is 7.76. The third-order valence-corrected chi connectivity index (χ3v) is 3.74. The molecule has 96 valence electrons. The third kappa shape index (κ3) is 5.31. The van der Waals surface area contributed by atoms with Crippen molar-refractivity contribution in [3.05, 3.63) is 0 Å². The van der Waals surface area contributed by atoms with Gasteiger partial charge in [-0.3, -0.25) is 0 Å². The molecule has 1 saturated heterocycles. The van der Waals surface area contributed by atoms with Crippen molar-refractivity contribution < 1.29 is 0 Å². The molecule has 1 aliphatic rings. The van der Waals surface area contributed by atoms with E-state index in [1.807, 2.05) is 0 Å². The van der Waals surface area contributed by atoms with Gasteiger partial charge in [-0.05, 0) is 57.3 Å². The Balaban J connectivity index is 2.11. The van der Waals surface area contributed by atoms with E-state index in [1.165, 1.54) is 51.9 Å². The zero-order valence-corrected chi connectivity index (χ0v) is 11.5. The standard InChI is InChI=1S/C14H30N2/c1-4-6-13(3)12-16-9-7-14(8-10-16)11-15-5-2/h13-15H,4-12H2,1-3H3. The molecular formula is C14H30N2. The molecule has 0 radical (unpaired) electrons. The molecule has 1 atom stereocenters. The van der Waals surface area contributed by atoms with Crippen LogP contribution in [0.5, 0.6) is 0 Å². The highest BCUT2D eigenvalue weighted by Crippen LogP contribution is 2.18. The molecule has 1 aliphatic heterocycles. The van der Waals surface area contributed by atoms with Crippen molar-refractivity contribution >= 4 is 0 Å². The van der Waals surface area contributed by atoms with Gasteiger partial charge in [-0.25, -0.2) is 0 Å². The first kappa shape index (κ1) is 14.0. The van der Waals surface area contributed by atoms with Crippen molar-refractivity contribution in [1.29, 1.82) is 0 Å². The van der Waals surface area contributed by atoms with Gasteiger partial charge in [0.05, 0.1) is 0 Å². The topological polar surface area (TPSA) is 15.3 Å². The average molecular weight is 226 g/mol. The smallest absolute Gasteiger partial charge is 0.000702 e. The number of piperidine rings is 1. The molecule has 0 aliphatic carbocycles. The molecule has 0 spiro atoms. The molecule has 0 saturated carbocycles. The Hall–Kier alpha value is -0.0800. The summed E-state index contributed by atoms with van der Waals surface area (Å²) in [6, 6.07) is 0. The number of nitrogens with zero attached hydrogens (tertiary/aromatic N) is 1. The molecule has 0 aromatic carbocycles. The SMILES string of the molecule is CCCC(C)CN1CCC(CNCC)CC1. The summed E-state index contributed by atoms with van der Waals surface area (Å²) in [6.45, 7) is 13.2. The van der Waals surface area contributed by atoms with Crippen molar-refractivity contribution in [3.63, 3.8) is 0 Å². The Morgan fingerprint density at radius 3 is 2.50 bits per heavy atom. The zero-order valence-electron chi connectivity index (χ0n) is 11.5. The Labute approximate surface area is 102 Å². The molecule has 0 aromatic heterocycles. The highest BCUT2D eigenvalue weighted by molar-refractivity contribution is 4.74. The van der Waals surface area contributed by atoms with Gasteiger partial charge < -0.3 is 10.2 Å². The van der Waals surface area contributed by atoms with E-state index < -0.39 is 0 Å². The van der Waals surface area contributed by atoms with Crippen LogP contribution in [0, 0.1) is 11.8 Å². The number of hydrogen-bond acceptors (Lipinski definition) is 2. The van der Waals surface area contributed by atoms with Crippen molar-refractivity contribution in [2.75, 3.05) is 32.7 Å². The summed E-state index contributed by atoms with van der Waals surface area (Å²) in [6.07, 6.45) is 5.51. The summed E-state index contributed by atoms with van der Waals surface area (Å²) in [5, 5.41) is 3.48. The van der Waals surface area contributed by atoms with Crippen molar-refractivity contribution in [1.82, 2.24) is 10.2 Å². The second-order valence-electron chi connectivity index (χ2n) is 5.45. The summed E-state index contributed by atoms with van der Waals surface area (Å²) in [5.41, 5.74) is 0. The van der Waals surface area contributed by atoms with E-state index in [0.29, 0.717) is 0 Å². The van der Waals surface area contributed by atoms with E-state index in [2.05, 4.69) is 31.0 Å². The van der Waals surface area contributed by atoms with Crippen molar-refractivity contribution in [3.8, 4) is 0 Å². The zero-order chi connectivity index (χ0) is 11.8. The summed E-state index contributed by atoms with van der Waals surface area (Å²) < 4.78 is 0. The number of likely N-dealkylation sites (tertiary alicyclic amines) is 1. The second kappa shape index (κ2) is 8.08. The van der Waals surface area contributed by atoms with Gasteiger partial charge in [0.25, 0.3) is 0 Å². The molecule has 2 heteroatoms. The predicted octanol–water partition coefficient (Wildman–Crippen LogP) is 2.74. The summed E-state index contributed by atoms with van der Waals surface area (Å²) >= 11 is 0. The second-order valence-corrected chi connectivity index (χ2v) is 5.45. The van der Waals surface area contributed by atoms with E-state index in [4.69, 9.17) is 0 Å². The molecule has 1 N–H and O–H groups in total. The first-order valence-electron chi connectivity index (χ1n) is 7.19. The molecule has 0 aromatic rings. The number of hydrogen-bond donors (Lipinski definition) is 1. The Bertz CT molecular complexity index is 162. The monoisotopic (exact) mass is 226 g/mol. The van der Waals surface area contributed by atoms with Crippen LogP contribution in [0.4, 0.5) is 0 Å². The minimum absolute atomic E-state index is 0.885. The molecule has 0 bridgehead atoms. The van der Waals surface area contributed by atoms with E-state index in [-0.39, 0.29) is 0 Å². The van der Waals surface area contributed by atoms with Gasteiger partial charge >= 0.3 is 0 Å². The summed E-state index contributed by atoms with van der Waals surface area (Å²) in [5.74, 6) is 1.81. The van der Waals surface area contributed by atoms with Gasteiger partial charge in [0.2, 0.25) is 0 Å². The first-order valence-corrected chi connectivity index (χ1v) is 7.19. The van der Waals surface area contributed by atoms with Gasteiger partial charge in [0.1, 0.15) is 0 Å². The number of nitrogens with one attached hydrogen (secondary N) is 1. The third-order valence-electron chi connectivity index (χ3n) is 3.74. The van der Waals surface area contributed by atoms with Crippen LogP contribution >= 0.6 is 0 Å². The van der Waals surface area contributed by atoms with Crippen LogP contribution in [-0.4, -0.2) is 37.6 Å².